The molecule has 0 fully saturated rings. The maximum Gasteiger partial charge on any atom is 0.387 e. The summed E-state index contributed by atoms with van der Waals surface area (Å²) in [5.74, 6) is -0.931. The zero-order valence-corrected chi connectivity index (χ0v) is 13.6. The SMILES string of the molecule is O=C(O)C1Cn2cnnc2CN1C(=O)CCc1cccc(OC(F)F)c1. The maximum absolute atomic E-state index is 12.5. The van der Waals surface area contributed by atoms with Crippen molar-refractivity contribution in [2.75, 3.05) is 0 Å². The highest BCUT2D eigenvalue weighted by atomic mass is 19.3. The highest BCUT2D eigenvalue weighted by Crippen LogP contribution is 2.20. The highest BCUT2D eigenvalue weighted by Gasteiger charge is 2.35. The van der Waals surface area contributed by atoms with Crippen LogP contribution in [0.25, 0.3) is 0 Å². The van der Waals surface area contributed by atoms with E-state index in [4.69, 9.17) is 0 Å². The number of hydrogen-bond acceptors (Lipinski definition) is 5. The van der Waals surface area contributed by atoms with Crippen LogP contribution >= 0.6 is 0 Å². The Hall–Kier alpha value is -3.04. The molecule has 0 aliphatic carbocycles. The predicted octanol–water partition coefficient (Wildman–Crippen LogP) is 1.31. The predicted molar refractivity (Wildman–Crippen MR) is 83.4 cm³/mol. The fourth-order valence-corrected chi connectivity index (χ4v) is 2.85. The van der Waals surface area contributed by atoms with Gasteiger partial charge in [-0.2, -0.15) is 8.78 Å². The lowest BCUT2D eigenvalue weighted by Gasteiger charge is -2.33. The number of hydrogen-bond donors (Lipinski definition) is 1. The molecule has 26 heavy (non-hydrogen) atoms. The van der Waals surface area contributed by atoms with E-state index in [-0.39, 0.29) is 37.6 Å². The van der Waals surface area contributed by atoms with Crippen molar-refractivity contribution in [2.24, 2.45) is 0 Å². The van der Waals surface area contributed by atoms with Crippen molar-refractivity contribution < 1.29 is 28.2 Å². The Morgan fingerprint density at radius 1 is 1.38 bits per heavy atom. The summed E-state index contributed by atoms with van der Waals surface area (Å²) in [6, 6.07) is 5.07. The van der Waals surface area contributed by atoms with Crippen LogP contribution in [0.5, 0.6) is 5.75 Å². The fourth-order valence-electron chi connectivity index (χ4n) is 2.85. The normalized spacial score (nSPS) is 16.4. The Bertz CT molecular complexity index is 811. The van der Waals surface area contributed by atoms with Gasteiger partial charge in [-0.15, -0.1) is 10.2 Å². The summed E-state index contributed by atoms with van der Waals surface area (Å²) in [5, 5.41) is 17.0. The largest absolute Gasteiger partial charge is 0.480 e. The van der Waals surface area contributed by atoms with E-state index < -0.39 is 18.6 Å². The van der Waals surface area contributed by atoms with Crippen LogP contribution in [0.15, 0.2) is 30.6 Å². The van der Waals surface area contributed by atoms with Crippen LogP contribution in [0.1, 0.15) is 17.8 Å². The summed E-state index contributed by atoms with van der Waals surface area (Å²) in [5.41, 5.74) is 0.642. The number of fused-ring (bicyclic) bond motifs is 1. The maximum atomic E-state index is 12.5. The van der Waals surface area contributed by atoms with Gasteiger partial charge in [-0.1, -0.05) is 12.1 Å². The average Bonchev–Trinajstić information content (AvgIpc) is 3.05. The molecule has 0 saturated carbocycles. The summed E-state index contributed by atoms with van der Waals surface area (Å²) in [6.07, 6.45) is 1.74. The molecule has 2 aromatic rings. The molecule has 2 heterocycles. The molecule has 1 aromatic heterocycles. The standard InChI is InChI=1S/C16H16F2N4O4/c17-16(18)26-11-3-1-2-10(6-11)4-5-14(23)22-8-13-20-19-9-21(13)7-12(22)15(24)25/h1-3,6,9,12,16H,4-5,7-8H2,(H,24,25). The molecule has 0 radical (unpaired) electrons. The lowest BCUT2D eigenvalue weighted by Crippen LogP contribution is -2.50. The lowest BCUT2D eigenvalue weighted by atomic mass is 10.1. The number of benzene rings is 1. The number of aromatic nitrogens is 3. The molecular formula is C16H16F2N4O4. The highest BCUT2D eigenvalue weighted by molar-refractivity contribution is 5.84. The van der Waals surface area contributed by atoms with Gasteiger partial charge >= 0.3 is 12.6 Å². The smallest absolute Gasteiger partial charge is 0.387 e. The first kappa shape index (κ1) is 17.8. The summed E-state index contributed by atoms with van der Waals surface area (Å²) in [4.78, 5) is 25.3. The number of ether oxygens (including phenoxy) is 1. The van der Waals surface area contributed by atoms with Gasteiger partial charge in [0.1, 0.15) is 18.1 Å². The minimum Gasteiger partial charge on any atom is -0.480 e. The number of halogens is 2. The van der Waals surface area contributed by atoms with Gasteiger partial charge in [-0.3, -0.25) is 4.79 Å². The molecule has 0 saturated heterocycles. The molecule has 1 aromatic carbocycles. The summed E-state index contributed by atoms with van der Waals surface area (Å²) < 4.78 is 30.5. The number of nitrogens with zero attached hydrogens (tertiary/aromatic N) is 4. The monoisotopic (exact) mass is 366 g/mol. The van der Waals surface area contributed by atoms with Gasteiger partial charge in [0.2, 0.25) is 5.91 Å². The number of aliphatic carboxylic acids is 1. The van der Waals surface area contributed by atoms with Gasteiger partial charge < -0.3 is 19.3 Å². The third-order valence-corrected chi connectivity index (χ3v) is 4.11. The topological polar surface area (TPSA) is 97.5 Å². The Morgan fingerprint density at radius 3 is 2.92 bits per heavy atom. The van der Waals surface area contributed by atoms with Gasteiger partial charge in [-0.25, -0.2) is 4.79 Å². The van der Waals surface area contributed by atoms with Gasteiger partial charge in [0, 0.05) is 6.42 Å². The summed E-state index contributed by atoms with van der Waals surface area (Å²) >= 11 is 0. The lowest BCUT2D eigenvalue weighted by molar-refractivity contribution is -0.152. The second kappa shape index (κ2) is 7.46. The first-order chi connectivity index (χ1) is 12.4. The molecule has 1 amide bonds. The molecule has 1 N–H and O–H groups in total. The average molecular weight is 366 g/mol. The molecule has 0 bridgehead atoms. The number of carboxylic acids is 1. The van der Waals surface area contributed by atoms with E-state index in [1.165, 1.54) is 23.4 Å². The van der Waals surface area contributed by atoms with E-state index in [2.05, 4.69) is 14.9 Å². The first-order valence-electron chi connectivity index (χ1n) is 7.86. The van der Waals surface area contributed by atoms with Gasteiger partial charge in [0.05, 0.1) is 13.1 Å². The summed E-state index contributed by atoms with van der Waals surface area (Å²) in [6.45, 7) is -2.78. The van der Waals surface area contributed by atoms with Crippen molar-refractivity contribution in [1.82, 2.24) is 19.7 Å². The number of carbonyl (C=O) groups excluding carboxylic acids is 1. The number of rotatable bonds is 6. The molecule has 1 unspecified atom stereocenters. The van der Waals surface area contributed by atoms with Crippen LogP contribution in [0, 0.1) is 0 Å². The van der Waals surface area contributed by atoms with Crippen molar-refractivity contribution in [3.05, 3.63) is 42.0 Å². The van der Waals surface area contributed by atoms with E-state index in [0.717, 1.165) is 0 Å². The molecule has 8 nitrogen and oxygen atoms in total. The molecule has 3 rings (SSSR count). The van der Waals surface area contributed by atoms with E-state index in [1.54, 1.807) is 16.7 Å². The van der Waals surface area contributed by atoms with Crippen molar-refractivity contribution in [3.8, 4) is 5.75 Å². The molecule has 138 valence electrons. The number of carboxylic acid groups (broad SMARTS) is 1. The third-order valence-electron chi connectivity index (χ3n) is 4.11. The van der Waals surface area contributed by atoms with Gasteiger partial charge in [0.15, 0.2) is 5.82 Å². The van der Waals surface area contributed by atoms with Crippen LogP contribution in [0.3, 0.4) is 0 Å². The van der Waals surface area contributed by atoms with E-state index in [1.807, 2.05) is 0 Å². The van der Waals surface area contributed by atoms with Crippen molar-refractivity contribution in [2.45, 2.75) is 38.6 Å². The Morgan fingerprint density at radius 2 is 2.19 bits per heavy atom. The zero-order chi connectivity index (χ0) is 18.7. The molecule has 1 atom stereocenters. The molecule has 1 aliphatic rings. The van der Waals surface area contributed by atoms with Crippen LogP contribution in [-0.4, -0.2) is 49.3 Å². The molecule has 10 heteroatoms. The minimum atomic E-state index is -2.92. The number of aryl methyl sites for hydroxylation is 1. The minimum absolute atomic E-state index is 0.0134. The van der Waals surface area contributed by atoms with E-state index in [9.17, 15) is 23.5 Å². The Kier molecular flexibility index (Phi) is 5.10. The molecular weight excluding hydrogens is 350 g/mol. The fraction of sp³-hybridized carbons (Fsp3) is 0.375. The Balaban J connectivity index is 1.66. The third kappa shape index (κ3) is 3.95. The first-order valence-corrected chi connectivity index (χ1v) is 7.86. The van der Waals surface area contributed by atoms with Crippen LogP contribution in [-0.2, 0) is 29.1 Å². The Labute approximate surface area is 147 Å². The summed E-state index contributed by atoms with van der Waals surface area (Å²) in [7, 11) is 0. The van der Waals surface area contributed by atoms with Crippen LogP contribution < -0.4 is 4.74 Å². The zero-order valence-electron chi connectivity index (χ0n) is 13.6. The second-order valence-electron chi connectivity index (χ2n) is 5.80. The molecule has 1 aliphatic heterocycles. The van der Waals surface area contributed by atoms with Gasteiger partial charge in [0.25, 0.3) is 0 Å². The van der Waals surface area contributed by atoms with Gasteiger partial charge in [-0.05, 0) is 24.1 Å². The second-order valence-corrected chi connectivity index (χ2v) is 5.80. The molecule has 0 spiro atoms. The van der Waals surface area contributed by atoms with Crippen molar-refractivity contribution in [1.29, 1.82) is 0 Å². The quantitative estimate of drug-likeness (QED) is 0.828. The number of carbonyl (C=O) groups is 2. The van der Waals surface area contributed by atoms with E-state index >= 15 is 0 Å². The van der Waals surface area contributed by atoms with Crippen molar-refractivity contribution in [3.63, 3.8) is 0 Å². The van der Waals surface area contributed by atoms with E-state index in [0.29, 0.717) is 11.4 Å². The van der Waals surface area contributed by atoms with Crippen molar-refractivity contribution >= 4 is 11.9 Å². The number of amides is 1. The van der Waals surface area contributed by atoms with Crippen LogP contribution in [0.2, 0.25) is 0 Å². The van der Waals surface area contributed by atoms with Crippen LogP contribution in [0.4, 0.5) is 8.78 Å². The number of alkyl halides is 2.